The summed E-state index contributed by atoms with van der Waals surface area (Å²) in [5.74, 6) is 0.289. The Balaban J connectivity index is 4.17. The minimum atomic E-state index is -2.95. The Kier molecular flexibility index (Phi) is 5.67. The van der Waals surface area contributed by atoms with Crippen molar-refractivity contribution >= 4 is 9.84 Å². The molecular weight excluding hydrogens is 200 g/mol. The maximum Gasteiger partial charge on any atom is 0.152 e. The summed E-state index contributed by atoms with van der Waals surface area (Å²) in [7, 11) is -2.95. The zero-order valence-corrected chi connectivity index (χ0v) is 10.3. The highest BCUT2D eigenvalue weighted by Crippen LogP contribution is 2.15. The molecule has 0 aromatic carbocycles. The molecule has 0 saturated heterocycles. The van der Waals surface area contributed by atoms with Gasteiger partial charge < -0.3 is 5.11 Å². The van der Waals surface area contributed by atoms with Gasteiger partial charge in [0, 0.05) is 0 Å². The Bertz CT molecular complexity index is 242. The second kappa shape index (κ2) is 5.71. The summed E-state index contributed by atoms with van der Waals surface area (Å²) in [6.45, 7) is 7.08. The summed E-state index contributed by atoms with van der Waals surface area (Å²) >= 11 is 0. The summed E-state index contributed by atoms with van der Waals surface area (Å²) in [4.78, 5) is 0. The first-order valence-corrected chi connectivity index (χ1v) is 6.92. The van der Waals surface area contributed by atoms with E-state index in [0.29, 0.717) is 6.42 Å². The van der Waals surface area contributed by atoms with Gasteiger partial charge in [0.1, 0.15) is 0 Å². The molecule has 0 amide bonds. The van der Waals surface area contributed by atoms with Gasteiger partial charge in [-0.3, -0.25) is 0 Å². The molecule has 0 spiro atoms. The molecule has 0 bridgehead atoms. The van der Waals surface area contributed by atoms with Crippen molar-refractivity contribution in [1.29, 1.82) is 0 Å². The molecule has 2 atom stereocenters. The van der Waals surface area contributed by atoms with Crippen molar-refractivity contribution in [2.75, 3.05) is 5.75 Å². The number of hydrogen-bond acceptors (Lipinski definition) is 3. The number of sulfone groups is 1. The molecule has 14 heavy (non-hydrogen) atoms. The molecule has 0 heterocycles. The molecule has 1 N–H and O–H groups in total. The van der Waals surface area contributed by atoms with E-state index in [-0.39, 0.29) is 16.9 Å². The van der Waals surface area contributed by atoms with E-state index >= 15 is 0 Å². The number of aliphatic hydroxyl groups is 1. The average molecular weight is 222 g/mol. The molecular formula is C10H22O3S. The molecule has 0 aliphatic rings. The minimum absolute atomic E-state index is 0.100. The van der Waals surface area contributed by atoms with Crippen molar-refractivity contribution in [2.45, 2.75) is 51.9 Å². The molecule has 0 rings (SSSR count). The van der Waals surface area contributed by atoms with Crippen LogP contribution in [0.3, 0.4) is 0 Å². The quantitative estimate of drug-likeness (QED) is 0.743. The van der Waals surface area contributed by atoms with Gasteiger partial charge in [0.05, 0.1) is 17.1 Å². The first-order chi connectivity index (χ1) is 6.31. The van der Waals surface area contributed by atoms with Gasteiger partial charge >= 0.3 is 0 Å². The normalized spacial score (nSPS) is 17.0. The molecule has 0 aromatic rings. The van der Waals surface area contributed by atoms with E-state index in [9.17, 15) is 13.5 Å². The monoisotopic (exact) mass is 222 g/mol. The highest BCUT2D eigenvalue weighted by Gasteiger charge is 2.20. The predicted octanol–water partition coefficient (Wildman–Crippen LogP) is 1.61. The molecule has 2 unspecified atom stereocenters. The van der Waals surface area contributed by atoms with Crippen LogP contribution >= 0.6 is 0 Å². The Hall–Kier alpha value is -0.0900. The average Bonchev–Trinajstić information content (AvgIpc) is 2.04. The second-order valence-corrected chi connectivity index (χ2v) is 6.79. The summed E-state index contributed by atoms with van der Waals surface area (Å²) in [6, 6.07) is 0. The van der Waals surface area contributed by atoms with Crippen LogP contribution in [0, 0.1) is 5.92 Å². The zero-order chi connectivity index (χ0) is 11.4. The van der Waals surface area contributed by atoms with Gasteiger partial charge in [-0.05, 0) is 33.1 Å². The van der Waals surface area contributed by atoms with Crippen LogP contribution in [-0.2, 0) is 9.84 Å². The largest absolute Gasteiger partial charge is 0.393 e. The van der Waals surface area contributed by atoms with Crippen LogP contribution in [0.25, 0.3) is 0 Å². The van der Waals surface area contributed by atoms with Crippen LogP contribution in [0.4, 0.5) is 0 Å². The third kappa shape index (κ3) is 4.42. The zero-order valence-electron chi connectivity index (χ0n) is 9.53. The SMILES string of the molecule is CCC(CCS(=O)(=O)C(C)C)C(C)O. The second-order valence-electron chi connectivity index (χ2n) is 4.11. The van der Waals surface area contributed by atoms with E-state index in [1.54, 1.807) is 20.8 Å². The fourth-order valence-electron chi connectivity index (χ4n) is 1.34. The van der Waals surface area contributed by atoms with Gasteiger partial charge in [0.25, 0.3) is 0 Å². The summed E-state index contributed by atoms with van der Waals surface area (Å²) in [5.41, 5.74) is 0. The van der Waals surface area contributed by atoms with E-state index in [0.717, 1.165) is 6.42 Å². The lowest BCUT2D eigenvalue weighted by atomic mass is 9.98. The number of rotatable bonds is 6. The molecule has 0 aromatic heterocycles. The predicted molar refractivity (Wildman–Crippen MR) is 59.0 cm³/mol. The summed E-state index contributed by atoms with van der Waals surface area (Å²) < 4.78 is 23.0. The van der Waals surface area contributed by atoms with Crippen molar-refractivity contribution in [3.05, 3.63) is 0 Å². The van der Waals surface area contributed by atoms with Crippen molar-refractivity contribution in [3.8, 4) is 0 Å². The van der Waals surface area contributed by atoms with Crippen molar-refractivity contribution < 1.29 is 13.5 Å². The third-order valence-electron chi connectivity index (χ3n) is 2.70. The first-order valence-electron chi connectivity index (χ1n) is 5.20. The molecule has 0 aliphatic heterocycles. The summed E-state index contributed by atoms with van der Waals surface area (Å²) in [5, 5.41) is 9.04. The van der Waals surface area contributed by atoms with Crippen LogP contribution < -0.4 is 0 Å². The van der Waals surface area contributed by atoms with E-state index in [1.165, 1.54) is 0 Å². The highest BCUT2D eigenvalue weighted by molar-refractivity contribution is 7.91. The van der Waals surface area contributed by atoms with Gasteiger partial charge in [-0.15, -0.1) is 0 Å². The van der Waals surface area contributed by atoms with Crippen LogP contribution in [0.2, 0.25) is 0 Å². The van der Waals surface area contributed by atoms with Crippen molar-refractivity contribution in [1.82, 2.24) is 0 Å². The number of hydrogen-bond donors (Lipinski definition) is 1. The molecule has 86 valence electrons. The van der Waals surface area contributed by atoms with Crippen molar-refractivity contribution in [3.63, 3.8) is 0 Å². The Morgan fingerprint density at radius 3 is 2.00 bits per heavy atom. The topological polar surface area (TPSA) is 54.4 Å². The molecule has 4 heteroatoms. The maximum atomic E-state index is 11.5. The van der Waals surface area contributed by atoms with Gasteiger partial charge in [-0.1, -0.05) is 13.3 Å². The minimum Gasteiger partial charge on any atom is -0.393 e. The molecule has 0 fully saturated rings. The molecule has 0 aliphatic carbocycles. The molecule has 0 radical (unpaired) electrons. The van der Waals surface area contributed by atoms with E-state index < -0.39 is 15.9 Å². The standard InChI is InChI=1S/C10H22O3S/c1-5-10(9(4)11)6-7-14(12,13)8(2)3/h8-11H,5-7H2,1-4H3. The van der Waals surface area contributed by atoms with Crippen LogP contribution in [0.15, 0.2) is 0 Å². The van der Waals surface area contributed by atoms with Crippen LogP contribution in [0.5, 0.6) is 0 Å². The van der Waals surface area contributed by atoms with Crippen LogP contribution in [-0.4, -0.2) is 30.6 Å². The third-order valence-corrected chi connectivity index (χ3v) is 4.94. The lowest BCUT2D eigenvalue weighted by molar-refractivity contribution is 0.121. The smallest absolute Gasteiger partial charge is 0.152 e. The Morgan fingerprint density at radius 2 is 1.71 bits per heavy atom. The lowest BCUT2D eigenvalue weighted by Crippen LogP contribution is -2.23. The van der Waals surface area contributed by atoms with Gasteiger partial charge in [-0.25, -0.2) is 8.42 Å². The molecule has 0 saturated carbocycles. The number of aliphatic hydroxyl groups excluding tert-OH is 1. The fourth-order valence-corrected chi connectivity index (χ4v) is 2.44. The van der Waals surface area contributed by atoms with Gasteiger partial charge in [0.2, 0.25) is 0 Å². The Morgan fingerprint density at radius 1 is 1.21 bits per heavy atom. The Labute approximate surface area is 87.4 Å². The lowest BCUT2D eigenvalue weighted by Gasteiger charge is -2.18. The van der Waals surface area contributed by atoms with Gasteiger partial charge in [-0.2, -0.15) is 0 Å². The maximum absolute atomic E-state index is 11.5. The fraction of sp³-hybridized carbons (Fsp3) is 1.00. The summed E-state index contributed by atoms with van der Waals surface area (Å²) in [6.07, 6.45) is 0.974. The highest BCUT2D eigenvalue weighted by atomic mass is 32.2. The first kappa shape index (κ1) is 13.9. The molecule has 3 nitrogen and oxygen atoms in total. The van der Waals surface area contributed by atoms with E-state index in [4.69, 9.17) is 0 Å². The van der Waals surface area contributed by atoms with E-state index in [2.05, 4.69) is 0 Å². The van der Waals surface area contributed by atoms with E-state index in [1.807, 2.05) is 6.92 Å². The van der Waals surface area contributed by atoms with Crippen LogP contribution in [0.1, 0.15) is 40.5 Å². The van der Waals surface area contributed by atoms with Crippen molar-refractivity contribution in [2.24, 2.45) is 5.92 Å². The van der Waals surface area contributed by atoms with Gasteiger partial charge in [0.15, 0.2) is 9.84 Å².